The zero-order chi connectivity index (χ0) is 12.9. The van der Waals surface area contributed by atoms with E-state index >= 15 is 0 Å². The Morgan fingerprint density at radius 2 is 2.21 bits per heavy atom. The third-order valence-corrected chi connectivity index (χ3v) is 4.15. The Balaban J connectivity index is 1.53. The van der Waals surface area contributed by atoms with E-state index in [9.17, 15) is 0 Å². The molecule has 1 fully saturated rings. The number of nitrogens with zero attached hydrogens (tertiary/aromatic N) is 2. The van der Waals surface area contributed by atoms with Crippen LogP contribution in [-0.2, 0) is 11.4 Å². The molecule has 0 bridgehead atoms. The molecule has 5 heteroatoms. The summed E-state index contributed by atoms with van der Waals surface area (Å²) in [4.78, 5) is 14.5. The minimum absolute atomic E-state index is 0.383. The van der Waals surface area contributed by atoms with Gasteiger partial charge in [-0.3, -0.25) is 9.82 Å². The zero-order valence-corrected chi connectivity index (χ0v) is 11.5. The molecule has 0 aromatic carbocycles. The van der Waals surface area contributed by atoms with Gasteiger partial charge in [-0.1, -0.05) is 18.9 Å². The van der Waals surface area contributed by atoms with Crippen molar-refractivity contribution in [3.05, 3.63) is 35.5 Å². The molecule has 0 amide bonds. The smallest absolute Gasteiger partial charge is 0.142 e. The van der Waals surface area contributed by atoms with E-state index in [0.29, 0.717) is 12.6 Å². The van der Waals surface area contributed by atoms with E-state index in [1.807, 2.05) is 18.2 Å². The Morgan fingerprint density at radius 3 is 3.00 bits per heavy atom. The van der Waals surface area contributed by atoms with E-state index in [0.717, 1.165) is 16.4 Å². The third-order valence-electron chi connectivity index (χ3n) is 3.24. The molecule has 0 atom stereocenters. The summed E-state index contributed by atoms with van der Waals surface area (Å²) in [6.45, 7) is 0.653. The maximum atomic E-state index is 5.62. The first-order chi connectivity index (χ1) is 9.42. The van der Waals surface area contributed by atoms with Gasteiger partial charge < -0.3 is 0 Å². The Bertz CT molecular complexity index is 508. The molecule has 1 aliphatic carbocycles. The molecule has 2 aromatic rings. The van der Waals surface area contributed by atoms with Crippen molar-refractivity contribution in [1.82, 2.24) is 15.4 Å². The van der Waals surface area contributed by atoms with Crippen LogP contribution < -0.4 is 5.48 Å². The van der Waals surface area contributed by atoms with Gasteiger partial charge in [-0.25, -0.2) is 4.98 Å². The maximum absolute atomic E-state index is 5.62. The molecule has 3 rings (SSSR count). The van der Waals surface area contributed by atoms with E-state index in [-0.39, 0.29) is 0 Å². The first kappa shape index (κ1) is 12.7. The number of rotatable bonds is 5. The number of thiazole rings is 1. The minimum Gasteiger partial charge on any atom is -0.298 e. The summed E-state index contributed by atoms with van der Waals surface area (Å²) in [6, 6.07) is 5.87. The topological polar surface area (TPSA) is 47.0 Å². The molecule has 1 N–H and O–H groups in total. The second kappa shape index (κ2) is 6.23. The van der Waals surface area contributed by atoms with Gasteiger partial charge in [-0.15, -0.1) is 11.3 Å². The lowest BCUT2D eigenvalue weighted by Gasteiger charge is -2.10. The highest BCUT2D eigenvalue weighted by Gasteiger charge is 2.15. The van der Waals surface area contributed by atoms with Crippen molar-refractivity contribution in [2.45, 2.75) is 38.3 Å². The number of hydroxylamine groups is 1. The van der Waals surface area contributed by atoms with Gasteiger partial charge in [0.1, 0.15) is 5.01 Å². The van der Waals surface area contributed by atoms with E-state index in [1.54, 1.807) is 17.5 Å². The molecule has 0 spiro atoms. The first-order valence-corrected chi connectivity index (χ1v) is 7.54. The molecule has 1 saturated carbocycles. The molecule has 1 aliphatic rings. The van der Waals surface area contributed by atoms with Gasteiger partial charge in [0, 0.05) is 11.6 Å². The Kier molecular flexibility index (Phi) is 4.17. The van der Waals surface area contributed by atoms with Gasteiger partial charge >= 0.3 is 0 Å². The summed E-state index contributed by atoms with van der Waals surface area (Å²) in [6.07, 6.45) is 7.08. The Labute approximate surface area is 116 Å². The average Bonchev–Trinajstić information content (AvgIpc) is 3.11. The summed E-state index contributed by atoms with van der Waals surface area (Å²) >= 11 is 1.62. The number of hydrogen-bond acceptors (Lipinski definition) is 5. The minimum atomic E-state index is 0.383. The van der Waals surface area contributed by atoms with Crippen molar-refractivity contribution < 1.29 is 4.84 Å². The fraction of sp³-hybridized carbons (Fsp3) is 0.429. The average molecular weight is 275 g/mol. The molecular weight excluding hydrogens is 258 g/mol. The molecule has 0 radical (unpaired) electrons. The summed E-state index contributed by atoms with van der Waals surface area (Å²) in [5, 5.41) is 3.01. The van der Waals surface area contributed by atoms with Crippen molar-refractivity contribution in [1.29, 1.82) is 0 Å². The van der Waals surface area contributed by atoms with Crippen LogP contribution in [0.15, 0.2) is 29.8 Å². The first-order valence-electron chi connectivity index (χ1n) is 6.66. The van der Waals surface area contributed by atoms with E-state index in [1.165, 1.54) is 25.7 Å². The number of hydrogen-bond donors (Lipinski definition) is 1. The van der Waals surface area contributed by atoms with Crippen molar-refractivity contribution in [3.63, 3.8) is 0 Å². The van der Waals surface area contributed by atoms with Gasteiger partial charge in [0.25, 0.3) is 0 Å². The van der Waals surface area contributed by atoms with Gasteiger partial charge in [-0.05, 0) is 25.0 Å². The molecule has 19 heavy (non-hydrogen) atoms. The fourth-order valence-electron chi connectivity index (χ4n) is 2.23. The van der Waals surface area contributed by atoms with Crippen LogP contribution in [0.2, 0.25) is 0 Å². The van der Waals surface area contributed by atoms with Crippen LogP contribution in [0.5, 0.6) is 0 Å². The van der Waals surface area contributed by atoms with Gasteiger partial charge in [0.15, 0.2) is 0 Å². The van der Waals surface area contributed by atoms with Crippen molar-refractivity contribution in [2.24, 2.45) is 0 Å². The lowest BCUT2D eigenvalue weighted by molar-refractivity contribution is -0.0248. The lowest BCUT2D eigenvalue weighted by atomic mass is 10.3. The third kappa shape index (κ3) is 3.37. The van der Waals surface area contributed by atoms with Gasteiger partial charge in [0.2, 0.25) is 0 Å². The molecular formula is C14H17N3OS. The SMILES string of the molecule is c1ccc(-c2nc(CNOC3CCCC3)cs2)nc1. The van der Waals surface area contributed by atoms with Crippen molar-refractivity contribution in [3.8, 4) is 10.7 Å². The normalized spacial score (nSPS) is 16.0. The van der Waals surface area contributed by atoms with Crippen LogP contribution in [-0.4, -0.2) is 16.1 Å². The highest BCUT2D eigenvalue weighted by molar-refractivity contribution is 7.13. The predicted molar refractivity (Wildman–Crippen MR) is 75.5 cm³/mol. The lowest BCUT2D eigenvalue weighted by Crippen LogP contribution is -2.21. The van der Waals surface area contributed by atoms with Crippen LogP contribution in [0.3, 0.4) is 0 Å². The number of pyridine rings is 1. The van der Waals surface area contributed by atoms with Crippen LogP contribution in [0.25, 0.3) is 10.7 Å². The number of aromatic nitrogens is 2. The summed E-state index contributed by atoms with van der Waals surface area (Å²) < 4.78 is 0. The van der Waals surface area contributed by atoms with Crippen LogP contribution in [0, 0.1) is 0 Å². The predicted octanol–water partition coefficient (Wildman–Crippen LogP) is 3.17. The second-order valence-electron chi connectivity index (χ2n) is 4.70. The largest absolute Gasteiger partial charge is 0.298 e. The van der Waals surface area contributed by atoms with Gasteiger partial charge in [0.05, 0.1) is 24.0 Å². The molecule has 0 unspecified atom stereocenters. The van der Waals surface area contributed by atoms with E-state index in [4.69, 9.17) is 4.84 Å². The van der Waals surface area contributed by atoms with Crippen LogP contribution in [0.1, 0.15) is 31.4 Å². The molecule has 2 heterocycles. The number of nitrogens with one attached hydrogen (secondary N) is 1. The maximum Gasteiger partial charge on any atom is 0.142 e. The molecule has 0 aliphatic heterocycles. The highest BCUT2D eigenvalue weighted by atomic mass is 32.1. The highest BCUT2D eigenvalue weighted by Crippen LogP contribution is 2.22. The summed E-state index contributed by atoms with van der Waals surface area (Å²) in [7, 11) is 0. The molecule has 100 valence electrons. The van der Waals surface area contributed by atoms with Crippen LogP contribution >= 0.6 is 11.3 Å². The Morgan fingerprint density at radius 1 is 1.32 bits per heavy atom. The second-order valence-corrected chi connectivity index (χ2v) is 5.56. The van der Waals surface area contributed by atoms with Gasteiger partial charge in [-0.2, -0.15) is 5.48 Å². The van der Waals surface area contributed by atoms with Crippen LogP contribution in [0.4, 0.5) is 0 Å². The Hall–Kier alpha value is -1.30. The van der Waals surface area contributed by atoms with Crippen molar-refractivity contribution in [2.75, 3.05) is 0 Å². The summed E-state index contributed by atoms with van der Waals surface area (Å²) in [5.74, 6) is 0. The van der Waals surface area contributed by atoms with E-state index < -0.39 is 0 Å². The monoisotopic (exact) mass is 275 g/mol. The molecule has 2 aromatic heterocycles. The zero-order valence-electron chi connectivity index (χ0n) is 10.7. The standard InChI is InChI=1S/C14H17N3OS/c1-2-6-12(5-1)18-16-9-11-10-19-14(17-11)13-7-3-4-8-15-13/h3-4,7-8,10,12,16H,1-2,5-6,9H2. The fourth-order valence-corrected chi connectivity index (χ4v) is 3.03. The van der Waals surface area contributed by atoms with E-state index in [2.05, 4.69) is 20.8 Å². The molecule has 0 saturated heterocycles. The molecule has 4 nitrogen and oxygen atoms in total. The summed E-state index contributed by atoms with van der Waals surface area (Å²) in [5.41, 5.74) is 4.96. The van der Waals surface area contributed by atoms with Crippen molar-refractivity contribution >= 4 is 11.3 Å². The quantitative estimate of drug-likeness (QED) is 0.851.